The SMILES string of the molecule is COc1ccc(C)cc1NC(=O)C1CC1C(=O)Nc1cccc(C(C)=O)c1. The molecule has 0 heterocycles. The lowest BCUT2D eigenvalue weighted by molar-refractivity contribution is -0.122. The lowest BCUT2D eigenvalue weighted by Crippen LogP contribution is -2.21. The predicted octanol–water partition coefficient (Wildman–Crippen LogP) is 3.42. The van der Waals surface area contributed by atoms with Crippen molar-refractivity contribution in [2.45, 2.75) is 20.3 Å². The van der Waals surface area contributed by atoms with E-state index in [2.05, 4.69) is 10.6 Å². The van der Waals surface area contributed by atoms with Crippen LogP contribution in [0.25, 0.3) is 0 Å². The maximum absolute atomic E-state index is 12.5. The van der Waals surface area contributed by atoms with Crippen LogP contribution in [0.4, 0.5) is 11.4 Å². The highest BCUT2D eigenvalue weighted by molar-refractivity contribution is 6.04. The van der Waals surface area contributed by atoms with E-state index < -0.39 is 0 Å². The van der Waals surface area contributed by atoms with Crippen LogP contribution in [0.2, 0.25) is 0 Å². The summed E-state index contributed by atoms with van der Waals surface area (Å²) in [5.74, 6) is -0.643. The first-order chi connectivity index (χ1) is 12.9. The van der Waals surface area contributed by atoms with Crippen molar-refractivity contribution in [3.05, 3.63) is 53.6 Å². The minimum atomic E-state index is -0.373. The van der Waals surface area contributed by atoms with Crippen LogP contribution in [0.3, 0.4) is 0 Å². The molecule has 1 fully saturated rings. The number of aryl methyl sites for hydroxylation is 1. The number of hydrogen-bond acceptors (Lipinski definition) is 4. The van der Waals surface area contributed by atoms with Crippen molar-refractivity contribution in [3.8, 4) is 5.75 Å². The summed E-state index contributed by atoms with van der Waals surface area (Å²) in [6, 6.07) is 12.3. The quantitative estimate of drug-likeness (QED) is 0.767. The largest absolute Gasteiger partial charge is 0.495 e. The van der Waals surface area contributed by atoms with Crippen molar-refractivity contribution in [1.29, 1.82) is 0 Å². The van der Waals surface area contributed by atoms with Crippen LogP contribution in [0.15, 0.2) is 42.5 Å². The van der Waals surface area contributed by atoms with Crippen LogP contribution < -0.4 is 15.4 Å². The van der Waals surface area contributed by atoms with Crippen LogP contribution in [-0.2, 0) is 9.59 Å². The van der Waals surface area contributed by atoms with E-state index in [9.17, 15) is 14.4 Å². The van der Waals surface area contributed by atoms with Gasteiger partial charge >= 0.3 is 0 Å². The molecular weight excluding hydrogens is 344 g/mol. The Balaban J connectivity index is 1.61. The average molecular weight is 366 g/mol. The van der Waals surface area contributed by atoms with Crippen molar-refractivity contribution in [2.75, 3.05) is 17.7 Å². The van der Waals surface area contributed by atoms with Gasteiger partial charge in [0, 0.05) is 11.3 Å². The number of hydrogen-bond donors (Lipinski definition) is 2. The number of nitrogens with one attached hydrogen (secondary N) is 2. The number of amides is 2. The van der Waals surface area contributed by atoms with Crippen molar-refractivity contribution < 1.29 is 19.1 Å². The fourth-order valence-electron chi connectivity index (χ4n) is 2.97. The Bertz CT molecular complexity index is 907. The van der Waals surface area contributed by atoms with Crippen LogP contribution in [0, 0.1) is 18.8 Å². The van der Waals surface area contributed by atoms with Crippen LogP contribution in [0.1, 0.15) is 29.3 Å². The molecular formula is C21H22N2O4. The second-order valence-corrected chi connectivity index (χ2v) is 6.77. The van der Waals surface area contributed by atoms with Crippen molar-refractivity contribution in [1.82, 2.24) is 0 Å². The Hall–Kier alpha value is -3.15. The number of Topliss-reactive ketones (excluding diaryl/α,β-unsaturated/α-hetero) is 1. The molecule has 1 saturated carbocycles. The van der Waals surface area contributed by atoms with Gasteiger partial charge in [0.15, 0.2) is 5.78 Å². The fourth-order valence-corrected chi connectivity index (χ4v) is 2.97. The summed E-state index contributed by atoms with van der Waals surface area (Å²) in [6.45, 7) is 3.40. The molecule has 0 spiro atoms. The number of rotatable bonds is 6. The van der Waals surface area contributed by atoms with E-state index in [4.69, 9.17) is 4.74 Å². The smallest absolute Gasteiger partial charge is 0.228 e. The lowest BCUT2D eigenvalue weighted by atomic mass is 10.1. The van der Waals surface area contributed by atoms with Crippen LogP contribution in [-0.4, -0.2) is 24.7 Å². The van der Waals surface area contributed by atoms with Gasteiger partial charge in [-0.3, -0.25) is 14.4 Å². The van der Waals surface area contributed by atoms with Crippen molar-refractivity contribution in [2.24, 2.45) is 11.8 Å². The number of ketones is 1. The Morgan fingerprint density at radius 1 is 1.00 bits per heavy atom. The molecule has 2 aromatic carbocycles. The summed E-state index contributed by atoms with van der Waals surface area (Å²) in [5, 5.41) is 5.63. The summed E-state index contributed by atoms with van der Waals surface area (Å²) in [6.07, 6.45) is 0.498. The predicted molar refractivity (Wildman–Crippen MR) is 103 cm³/mol. The Kier molecular flexibility index (Phi) is 5.26. The minimum Gasteiger partial charge on any atom is -0.495 e. The molecule has 0 bridgehead atoms. The summed E-state index contributed by atoms with van der Waals surface area (Å²) in [5.41, 5.74) is 2.69. The first-order valence-electron chi connectivity index (χ1n) is 8.76. The van der Waals surface area contributed by atoms with Gasteiger partial charge < -0.3 is 15.4 Å². The molecule has 1 aliphatic carbocycles. The van der Waals surface area contributed by atoms with E-state index in [0.717, 1.165) is 5.56 Å². The van der Waals surface area contributed by atoms with Crippen molar-refractivity contribution in [3.63, 3.8) is 0 Å². The highest BCUT2D eigenvalue weighted by Crippen LogP contribution is 2.41. The number of anilines is 2. The van der Waals surface area contributed by atoms with Gasteiger partial charge in [-0.1, -0.05) is 18.2 Å². The maximum atomic E-state index is 12.5. The van der Waals surface area contributed by atoms with E-state index in [1.54, 1.807) is 37.4 Å². The lowest BCUT2D eigenvalue weighted by Gasteiger charge is -2.11. The second kappa shape index (κ2) is 7.61. The molecule has 6 nitrogen and oxygen atoms in total. The first kappa shape index (κ1) is 18.6. The van der Waals surface area contributed by atoms with E-state index in [-0.39, 0.29) is 29.4 Å². The van der Waals surface area contributed by atoms with Gasteiger partial charge in [0.25, 0.3) is 0 Å². The Morgan fingerprint density at radius 3 is 2.37 bits per heavy atom. The van der Waals surface area contributed by atoms with E-state index in [1.165, 1.54) is 6.92 Å². The average Bonchev–Trinajstić information content (AvgIpc) is 3.43. The molecule has 0 radical (unpaired) electrons. The molecule has 2 N–H and O–H groups in total. The monoisotopic (exact) mass is 366 g/mol. The molecule has 3 rings (SSSR count). The van der Waals surface area contributed by atoms with Gasteiger partial charge in [0.05, 0.1) is 24.6 Å². The third-order valence-electron chi connectivity index (χ3n) is 4.61. The van der Waals surface area contributed by atoms with Gasteiger partial charge in [-0.15, -0.1) is 0 Å². The fraction of sp³-hybridized carbons (Fsp3) is 0.286. The number of methoxy groups -OCH3 is 1. The van der Waals surface area contributed by atoms with Crippen LogP contribution in [0.5, 0.6) is 5.75 Å². The zero-order valence-electron chi connectivity index (χ0n) is 15.5. The van der Waals surface area contributed by atoms with Crippen LogP contribution >= 0.6 is 0 Å². The molecule has 140 valence electrons. The van der Waals surface area contributed by atoms with Gasteiger partial charge in [0.1, 0.15) is 5.75 Å². The Morgan fingerprint density at radius 2 is 1.70 bits per heavy atom. The zero-order chi connectivity index (χ0) is 19.6. The van der Waals surface area contributed by atoms with Gasteiger partial charge in [-0.05, 0) is 50.1 Å². The molecule has 0 aromatic heterocycles. The molecule has 2 atom stereocenters. The van der Waals surface area contributed by atoms with Gasteiger partial charge in [-0.25, -0.2) is 0 Å². The molecule has 27 heavy (non-hydrogen) atoms. The summed E-state index contributed by atoms with van der Waals surface area (Å²) < 4.78 is 5.26. The normalized spacial score (nSPS) is 17.7. The topological polar surface area (TPSA) is 84.5 Å². The molecule has 2 unspecified atom stereocenters. The van der Waals surface area contributed by atoms with E-state index >= 15 is 0 Å². The minimum absolute atomic E-state index is 0.0677. The third-order valence-corrected chi connectivity index (χ3v) is 4.61. The zero-order valence-corrected chi connectivity index (χ0v) is 15.5. The summed E-state index contributed by atoms with van der Waals surface area (Å²) in [4.78, 5) is 36.3. The van der Waals surface area contributed by atoms with Crippen molar-refractivity contribution >= 4 is 29.0 Å². The second-order valence-electron chi connectivity index (χ2n) is 6.77. The molecule has 6 heteroatoms. The molecule has 0 saturated heterocycles. The van der Waals surface area contributed by atoms with E-state index in [0.29, 0.717) is 29.1 Å². The Labute approximate surface area is 157 Å². The number of carbonyl (C=O) groups is 3. The number of benzene rings is 2. The van der Waals surface area contributed by atoms with Gasteiger partial charge in [0.2, 0.25) is 11.8 Å². The molecule has 2 aromatic rings. The standard InChI is InChI=1S/C21H22N2O4/c1-12-7-8-19(27-3)18(9-12)23-21(26)17-11-16(17)20(25)22-15-6-4-5-14(10-15)13(2)24/h4-10,16-17H,11H2,1-3H3,(H,22,25)(H,23,26). The van der Waals surface area contributed by atoms with E-state index in [1.807, 2.05) is 19.1 Å². The maximum Gasteiger partial charge on any atom is 0.228 e. The number of ether oxygens (including phenoxy) is 1. The molecule has 1 aliphatic rings. The summed E-state index contributed by atoms with van der Waals surface area (Å²) in [7, 11) is 1.54. The summed E-state index contributed by atoms with van der Waals surface area (Å²) >= 11 is 0. The number of carbonyl (C=O) groups excluding carboxylic acids is 3. The highest BCUT2D eigenvalue weighted by Gasteiger charge is 2.48. The first-order valence-corrected chi connectivity index (χ1v) is 8.76. The van der Waals surface area contributed by atoms with Gasteiger partial charge in [-0.2, -0.15) is 0 Å². The molecule has 2 amide bonds. The molecule has 0 aliphatic heterocycles. The third kappa shape index (κ3) is 4.34. The highest BCUT2D eigenvalue weighted by atomic mass is 16.5.